The van der Waals surface area contributed by atoms with Crippen molar-refractivity contribution < 1.29 is 14.1 Å². The molecule has 13 heavy (non-hydrogen) atoms. The van der Waals surface area contributed by atoms with Crippen molar-refractivity contribution in [2.24, 2.45) is 0 Å². The second kappa shape index (κ2) is 4.04. The molecule has 0 amide bonds. The van der Waals surface area contributed by atoms with E-state index in [-0.39, 0.29) is 5.56 Å². The first-order valence-electron chi connectivity index (χ1n) is 3.53. The van der Waals surface area contributed by atoms with Crippen molar-refractivity contribution in [1.29, 1.82) is 0 Å². The number of benzene rings is 1. The third-order valence-electron chi connectivity index (χ3n) is 1.41. The smallest absolute Gasteiger partial charge is 0.337 e. The second-order valence-electron chi connectivity index (χ2n) is 2.41. The molecule has 0 bridgehead atoms. The highest BCUT2D eigenvalue weighted by molar-refractivity contribution is 7.85. The van der Waals surface area contributed by atoms with Crippen LogP contribution < -0.4 is 4.72 Å². The van der Waals surface area contributed by atoms with Gasteiger partial charge in [0, 0.05) is 6.26 Å². The SMILES string of the molecule is CS(=O)Nc1ccccc1C(=O)O. The third kappa shape index (κ3) is 2.55. The number of carbonyl (C=O) groups is 1. The van der Waals surface area contributed by atoms with Gasteiger partial charge in [0.1, 0.15) is 11.0 Å². The summed E-state index contributed by atoms with van der Waals surface area (Å²) >= 11 is 0. The third-order valence-corrected chi connectivity index (χ3v) is 1.92. The van der Waals surface area contributed by atoms with Crippen molar-refractivity contribution in [2.45, 2.75) is 0 Å². The van der Waals surface area contributed by atoms with Crippen LogP contribution in [-0.4, -0.2) is 21.5 Å². The summed E-state index contributed by atoms with van der Waals surface area (Å²) in [6.45, 7) is 0. The van der Waals surface area contributed by atoms with Gasteiger partial charge in [0.2, 0.25) is 0 Å². The zero-order valence-electron chi connectivity index (χ0n) is 6.98. The molecule has 0 saturated carbocycles. The van der Waals surface area contributed by atoms with E-state index in [9.17, 15) is 9.00 Å². The van der Waals surface area contributed by atoms with E-state index < -0.39 is 17.0 Å². The van der Waals surface area contributed by atoms with Crippen molar-refractivity contribution in [3.05, 3.63) is 29.8 Å². The number of anilines is 1. The predicted molar refractivity (Wildman–Crippen MR) is 51.1 cm³/mol. The highest BCUT2D eigenvalue weighted by Gasteiger charge is 2.08. The van der Waals surface area contributed by atoms with Crippen LogP contribution in [0.15, 0.2) is 24.3 Å². The molecule has 0 fully saturated rings. The molecule has 0 heterocycles. The molecule has 70 valence electrons. The molecule has 1 unspecified atom stereocenters. The summed E-state index contributed by atoms with van der Waals surface area (Å²) in [5.41, 5.74) is 0.494. The Hall–Kier alpha value is -1.36. The first-order valence-corrected chi connectivity index (χ1v) is 5.09. The molecular formula is C8H9NO3S. The quantitative estimate of drug-likeness (QED) is 0.765. The number of aromatic carboxylic acids is 1. The van der Waals surface area contributed by atoms with Crippen molar-refractivity contribution >= 4 is 22.6 Å². The predicted octanol–water partition coefficient (Wildman–Crippen LogP) is 1.09. The minimum absolute atomic E-state index is 0.123. The van der Waals surface area contributed by atoms with Crippen LogP contribution >= 0.6 is 0 Å². The minimum atomic E-state index is -1.26. The van der Waals surface area contributed by atoms with Gasteiger partial charge in [-0.15, -0.1) is 0 Å². The highest BCUT2D eigenvalue weighted by atomic mass is 32.2. The Labute approximate surface area is 78.2 Å². The number of carboxylic acids is 1. The van der Waals surface area contributed by atoms with Crippen LogP contribution in [0.5, 0.6) is 0 Å². The lowest BCUT2D eigenvalue weighted by molar-refractivity contribution is 0.0698. The van der Waals surface area contributed by atoms with Crippen LogP contribution in [0.1, 0.15) is 10.4 Å². The first-order chi connectivity index (χ1) is 6.11. The van der Waals surface area contributed by atoms with Crippen molar-refractivity contribution in [1.82, 2.24) is 0 Å². The summed E-state index contributed by atoms with van der Waals surface area (Å²) in [6.07, 6.45) is 1.44. The van der Waals surface area contributed by atoms with E-state index in [0.717, 1.165) is 0 Å². The second-order valence-corrected chi connectivity index (χ2v) is 3.52. The van der Waals surface area contributed by atoms with Gasteiger partial charge >= 0.3 is 5.97 Å². The summed E-state index contributed by atoms with van der Waals surface area (Å²) in [5.74, 6) is -1.03. The van der Waals surface area contributed by atoms with E-state index >= 15 is 0 Å². The van der Waals surface area contributed by atoms with Gasteiger partial charge in [-0.3, -0.25) is 0 Å². The lowest BCUT2D eigenvalue weighted by atomic mass is 10.2. The number of hydrogen-bond donors (Lipinski definition) is 2. The van der Waals surface area contributed by atoms with Crippen molar-refractivity contribution in [2.75, 3.05) is 11.0 Å². The molecule has 5 heteroatoms. The Morgan fingerprint density at radius 1 is 1.46 bits per heavy atom. The van der Waals surface area contributed by atoms with Crippen LogP contribution in [0.2, 0.25) is 0 Å². The zero-order valence-corrected chi connectivity index (χ0v) is 7.80. The summed E-state index contributed by atoms with van der Waals surface area (Å²) < 4.78 is 13.3. The van der Waals surface area contributed by atoms with Crippen LogP contribution in [0.25, 0.3) is 0 Å². The van der Waals surface area contributed by atoms with E-state index in [2.05, 4.69) is 4.72 Å². The van der Waals surface area contributed by atoms with Gasteiger partial charge in [-0.1, -0.05) is 12.1 Å². The van der Waals surface area contributed by atoms with Crippen LogP contribution in [0, 0.1) is 0 Å². The van der Waals surface area contributed by atoms with Gasteiger partial charge in [-0.2, -0.15) is 0 Å². The largest absolute Gasteiger partial charge is 0.478 e. The Kier molecular flexibility index (Phi) is 3.02. The fourth-order valence-electron chi connectivity index (χ4n) is 0.913. The average Bonchev–Trinajstić information content (AvgIpc) is 2.03. The maximum Gasteiger partial charge on any atom is 0.337 e. The monoisotopic (exact) mass is 199 g/mol. The zero-order chi connectivity index (χ0) is 9.84. The van der Waals surface area contributed by atoms with Crippen molar-refractivity contribution in [3.8, 4) is 0 Å². The maximum atomic E-state index is 10.8. The first kappa shape index (κ1) is 9.73. The van der Waals surface area contributed by atoms with Crippen molar-refractivity contribution in [3.63, 3.8) is 0 Å². The van der Waals surface area contributed by atoms with E-state index in [0.29, 0.717) is 5.69 Å². The minimum Gasteiger partial charge on any atom is -0.478 e. The summed E-state index contributed by atoms with van der Waals surface area (Å²) in [5, 5.41) is 8.74. The molecule has 4 nitrogen and oxygen atoms in total. The molecule has 0 spiro atoms. The highest BCUT2D eigenvalue weighted by Crippen LogP contribution is 2.14. The summed E-state index contributed by atoms with van der Waals surface area (Å²) in [6, 6.07) is 6.33. The maximum absolute atomic E-state index is 10.8. The molecule has 0 aliphatic heterocycles. The van der Waals surface area contributed by atoms with E-state index in [1.807, 2.05) is 0 Å². The fourth-order valence-corrected chi connectivity index (χ4v) is 1.40. The molecule has 0 aromatic heterocycles. The Bertz CT molecular complexity index is 351. The van der Waals surface area contributed by atoms with Gasteiger partial charge in [-0.25, -0.2) is 9.00 Å². The Balaban J connectivity index is 3.04. The number of rotatable bonds is 3. The van der Waals surface area contributed by atoms with E-state index in [1.54, 1.807) is 18.2 Å². The molecule has 2 N–H and O–H groups in total. The molecular weight excluding hydrogens is 190 g/mol. The van der Waals surface area contributed by atoms with Gasteiger partial charge in [0.25, 0.3) is 0 Å². The lowest BCUT2D eigenvalue weighted by Gasteiger charge is -2.05. The number of nitrogens with one attached hydrogen (secondary N) is 1. The molecule has 1 aromatic carbocycles. The number of hydrogen-bond acceptors (Lipinski definition) is 2. The molecule has 0 saturated heterocycles. The van der Waals surface area contributed by atoms with E-state index in [1.165, 1.54) is 12.3 Å². The fraction of sp³-hybridized carbons (Fsp3) is 0.125. The molecule has 0 radical (unpaired) electrons. The van der Waals surface area contributed by atoms with Gasteiger partial charge < -0.3 is 9.83 Å². The van der Waals surface area contributed by atoms with Gasteiger partial charge in [0.05, 0.1) is 11.3 Å². The number of carboxylic acid groups (broad SMARTS) is 1. The molecule has 0 aliphatic carbocycles. The van der Waals surface area contributed by atoms with Crippen LogP contribution in [0.4, 0.5) is 5.69 Å². The normalized spacial score (nSPS) is 12.1. The average molecular weight is 199 g/mol. The topological polar surface area (TPSA) is 66.4 Å². The standard InChI is InChI=1S/C8H9NO3S/c1-13(12)9-7-5-3-2-4-6(7)8(10)11/h2-5,9H,1H3,(H,10,11). The van der Waals surface area contributed by atoms with Gasteiger partial charge in [0.15, 0.2) is 0 Å². The number of para-hydroxylation sites is 1. The van der Waals surface area contributed by atoms with E-state index in [4.69, 9.17) is 5.11 Å². The molecule has 0 aliphatic rings. The van der Waals surface area contributed by atoms with Crippen LogP contribution in [-0.2, 0) is 11.0 Å². The van der Waals surface area contributed by atoms with Gasteiger partial charge in [-0.05, 0) is 12.1 Å². The summed E-state index contributed by atoms with van der Waals surface area (Å²) in [4.78, 5) is 10.7. The Morgan fingerprint density at radius 2 is 2.08 bits per heavy atom. The molecule has 1 rings (SSSR count). The molecule has 1 atom stereocenters. The summed E-state index contributed by atoms with van der Waals surface area (Å²) in [7, 11) is -1.26. The Morgan fingerprint density at radius 3 is 2.62 bits per heavy atom. The molecule has 1 aromatic rings. The lowest BCUT2D eigenvalue weighted by Crippen LogP contribution is -2.07. The van der Waals surface area contributed by atoms with Crippen LogP contribution in [0.3, 0.4) is 0 Å².